The van der Waals surface area contributed by atoms with Crippen molar-refractivity contribution in [2.75, 3.05) is 17.2 Å². The first-order valence-corrected chi connectivity index (χ1v) is 10.1. The monoisotopic (exact) mass is 411 g/mol. The second kappa shape index (κ2) is 8.95. The van der Waals surface area contributed by atoms with Gasteiger partial charge in [0.05, 0.1) is 6.61 Å². The Labute approximate surface area is 173 Å². The van der Waals surface area contributed by atoms with Crippen molar-refractivity contribution in [3.8, 4) is 11.1 Å². The van der Waals surface area contributed by atoms with E-state index in [1.807, 2.05) is 56.3 Å². The van der Waals surface area contributed by atoms with Gasteiger partial charge >= 0.3 is 5.97 Å². The second-order valence-electron chi connectivity index (χ2n) is 6.12. The highest BCUT2D eigenvalue weighted by atomic mass is 32.1. The number of thiocarbonyl (C=S) groups is 1. The number of nitrogens with one attached hydrogen (secondary N) is 2. The van der Waals surface area contributed by atoms with E-state index in [0.717, 1.165) is 21.6 Å². The minimum absolute atomic E-state index is 0.303. The highest BCUT2D eigenvalue weighted by Gasteiger charge is 2.24. The van der Waals surface area contributed by atoms with Crippen LogP contribution in [0, 0.1) is 13.8 Å². The number of aryl methyl sites for hydroxylation is 2. The average Bonchev–Trinajstić information content (AvgIpc) is 3.00. The molecule has 2 aromatic heterocycles. The van der Waals surface area contributed by atoms with E-state index in [9.17, 15) is 4.79 Å². The topological polar surface area (TPSA) is 63.2 Å². The van der Waals surface area contributed by atoms with Crippen LogP contribution in [0.25, 0.3) is 11.1 Å². The maximum absolute atomic E-state index is 12.7. The molecule has 0 saturated carbocycles. The average molecular weight is 412 g/mol. The Morgan fingerprint density at radius 2 is 1.89 bits per heavy atom. The first-order chi connectivity index (χ1) is 13.5. The van der Waals surface area contributed by atoms with E-state index in [1.165, 1.54) is 11.3 Å². The van der Waals surface area contributed by atoms with Crippen molar-refractivity contribution in [2.24, 2.45) is 0 Å². The third kappa shape index (κ3) is 4.55. The molecule has 0 radical (unpaired) electrons. The summed E-state index contributed by atoms with van der Waals surface area (Å²) in [6.45, 7) is 6.05. The highest BCUT2D eigenvalue weighted by molar-refractivity contribution is 7.80. The van der Waals surface area contributed by atoms with E-state index < -0.39 is 0 Å². The molecule has 7 heteroatoms. The fourth-order valence-corrected chi connectivity index (χ4v) is 4.12. The quantitative estimate of drug-likeness (QED) is 0.432. The smallest absolute Gasteiger partial charge is 0.341 e. The minimum Gasteiger partial charge on any atom is -0.462 e. The summed E-state index contributed by atoms with van der Waals surface area (Å²) in [5, 5.41) is 7.21. The van der Waals surface area contributed by atoms with Crippen LogP contribution in [-0.4, -0.2) is 22.7 Å². The number of anilines is 2. The highest BCUT2D eigenvalue weighted by Crippen LogP contribution is 2.40. The molecule has 2 heterocycles. The number of nitrogens with zero attached hydrogens (tertiary/aromatic N) is 1. The van der Waals surface area contributed by atoms with E-state index >= 15 is 0 Å². The second-order valence-corrected chi connectivity index (χ2v) is 7.76. The standard InChI is InChI=1S/C21H21N3O2S2/c1-4-26-20(25)18-17(15-8-6-5-7-9-15)14(3)28-19(18)24-21(27)23-16-11-10-13(2)12-22-16/h5-12H,4H2,1-3H3,(H2,22,23,24,27). The minimum atomic E-state index is -0.371. The molecule has 0 unspecified atom stereocenters. The van der Waals surface area contributed by atoms with E-state index in [0.29, 0.717) is 28.1 Å². The fraction of sp³-hybridized carbons (Fsp3) is 0.190. The van der Waals surface area contributed by atoms with Crippen molar-refractivity contribution in [1.82, 2.24) is 4.98 Å². The number of benzene rings is 1. The van der Waals surface area contributed by atoms with Gasteiger partial charge in [-0.2, -0.15) is 0 Å². The Balaban J connectivity index is 1.92. The summed E-state index contributed by atoms with van der Waals surface area (Å²) in [5.74, 6) is 0.266. The molecule has 144 valence electrons. The summed E-state index contributed by atoms with van der Waals surface area (Å²) >= 11 is 6.89. The number of thiophene rings is 1. The van der Waals surface area contributed by atoms with Gasteiger partial charge < -0.3 is 15.4 Å². The van der Waals surface area contributed by atoms with Crippen LogP contribution in [0.15, 0.2) is 48.7 Å². The third-order valence-corrected chi connectivity index (χ3v) is 5.23. The van der Waals surface area contributed by atoms with Gasteiger partial charge in [-0.25, -0.2) is 9.78 Å². The lowest BCUT2D eigenvalue weighted by molar-refractivity contribution is 0.0529. The Kier molecular flexibility index (Phi) is 6.38. The van der Waals surface area contributed by atoms with Crippen LogP contribution in [-0.2, 0) is 4.74 Å². The lowest BCUT2D eigenvalue weighted by atomic mass is 10.0. The molecule has 3 aromatic rings. The summed E-state index contributed by atoms with van der Waals surface area (Å²) in [7, 11) is 0. The van der Waals surface area contributed by atoms with Crippen LogP contribution in [0.4, 0.5) is 10.8 Å². The van der Waals surface area contributed by atoms with Gasteiger partial charge in [-0.3, -0.25) is 0 Å². The van der Waals surface area contributed by atoms with Gasteiger partial charge in [-0.15, -0.1) is 11.3 Å². The van der Waals surface area contributed by atoms with Crippen LogP contribution in [0.2, 0.25) is 0 Å². The van der Waals surface area contributed by atoms with Crippen LogP contribution in [0.3, 0.4) is 0 Å². The SMILES string of the molecule is CCOC(=O)c1c(NC(=S)Nc2ccc(C)cn2)sc(C)c1-c1ccccc1. The predicted octanol–water partition coefficient (Wildman–Crippen LogP) is 5.41. The van der Waals surface area contributed by atoms with Crippen molar-refractivity contribution in [1.29, 1.82) is 0 Å². The zero-order valence-electron chi connectivity index (χ0n) is 15.9. The number of rotatable bonds is 5. The first kappa shape index (κ1) is 20.0. The number of carbonyl (C=O) groups excluding carboxylic acids is 1. The Morgan fingerprint density at radius 1 is 1.14 bits per heavy atom. The number of hydrogen-bond acceptors (Lipinski definition) is 5. The molecule has 1 aromatic carbocycles. The first-order valence-electron chi connectivity index (χ1n) is 8.86. The van der Waals surface area contributed by atoms with Crippen LogP contribution < -0.4 is 10.6 Å². The molecule has 0 aliphatic rings. The molecule has 3 rings (SSSR count). The summed E-state index contributed by atoms with van der Waals surface area (Å²) in [4.78, 5) is 18.0. The summed E-state index contributed by atoms with van der Waals surface area (Å²) in [6, 6.07) is 13.6. The van der Waals surface area contributed by atoms with Crippen molar-refractivity contribution < 1.29 is 9.53 Å². The molecule has 0 amide bonds. The summed E-state index contributed by atoms with van der Waals surface area (Å²) in [6.07, 6.45) is 1.76. The Morgan fingerprint density at radius 3 is 2.54 bits per heavy atom. The maximum atomic E-state index is 12.7. The van der Waals surface area contributed by atoms with Crippen molar-refractivity contribution >= 4 is 45.5 Å². The molecule has 0 aliphatic carbocycles. The number of pyridine rings is 1. The van der Waals surface area contributed by atoms with E-state index in [2.05, 4.69) is 15.6 Å². The molecular weight excluding hydrogens is 390 g/mol. The van der Waals surface area contributed by atoms with Gasteiger partial charge in [0.1, 0.15) is 16.4 Å². The molecule has 2 N–H and O–H groups in total. The van der Waals surface area contributed by atoms with Gasteiger partial charge in [-0.05, 0) is 50.2 Å². The number of aromatic nitrogens is 1. The van der Waals surface area contributed by atoms with Gasteiger partial charge in [0.15, 0.2) is 5.11 Å². The largest absolute Gasteiger partial charge is 0.462 e. The molecule has 28 heavy (non-hydrogen) atoms. The lowest BCUT2D eigenvalue weighted by Gasteiger charge is -2.11. The zero-order valence-corrected chi connectivity index (χ0v) is 17.5. The summed E-state index contributed by atoms with van der Waals surface area (Å²) < 4.78 is 5.31. The normalized spacial score (nSPS) is 10.4. The van der Waals surface area contributed by atoms with Gasteiger partial charge in [-0.1, -0.05) is 36.4 Å². The molecule has 0 fully saturated rings. The van der Waals surface area contributed by atoms with Crippen LogP contribution in [0.1, 0.15) is 27.7 Å². The number of carbonyl (C=O) groups is 1. The van der Waals surface area contributed by atoms with E-state index in [-0.39, 0.29) is 5.97 Å². The summed E-state index contributed by atoms with van der Waals surface area (Å²) in [5.41, 5.74) is 3.39. The molecule has 5 nitrogen and oxygen atoms in total. The number of esters is 1. The molecule has 0 saturated heterocycles. The maximum Gasteiger partial charge on any atom is 0.341 e. The van der Waals surface area contributed by atoms with Gasteiger partial charge in [0.2, 0.25) is 0 Å². The van der Waals surface area contributed by atoms with Crippen molar-refractivity contribution in [2.45, 2.75) is 20.8 Å². The van der Waals surface area contributed by atoms with Crippen molar-refractivity contribution in [3.63, 3.8) is 0 Å². The van der Waals surface area contributed by atoms with E-state index in [4.69, 9.17) is 17.0 Å². The lowest BCUT2D eigenvalue weighted by Crippen LogP contribution is -2.20. The predicted molar refractivity (Wildman–Crippen MR) is 119 cm³/mol. The Hall–Kier alpha value is -2.77. The number of hydrogen-bond donors (Lipinski definition) is 2. The number of ether oxygens (including phenoxy) is 1. The molecule has 0 atom stereocenters. The van der Waals surface area contributed by atoms with Crippen LogP contribution in [0.5, 0.6) is 0 Å². The van der Waals surface area contributed by atoms with Gasteiger partial charge in [0.25, 0.3) is 0 Å². The van der Waals surface area contributed by atoms with Gasteiger partial charge in [0, 0.05) is 16.6 Å². The third-order valence-electron chi connectivity index (χ3n) is 4.01. The van der Waals surface area contributed by atoms with Crippen LogP contribution >= 0.6 is 23.6 Å². The Bertz CT molecular complexity index is 983. The molecule has 0 spiro atoms. The molecule has 0 bridgehead atoms. The van der Waals surface area contributed by atoms with E-state index in [1.54, 1.807) is 13.1 Å². The molecule has 0 aliphatic heterocycles. The molecular formula is C21H21N3O2S2. The fourth-order valence-electron chi connectivity index (χ4n) is 2.78. The zero-order chi connectivity index (χ0) is 20.1. The van der Waals surface area contributed by atoms with Crippen molar-refractivity contribution in [3.05, 3.63) is 64.7 Å².